The molecule has 1 fully saturated rings. The molecule has 1 amide bonds. The van der Waals surface area contributed by atoms with Crippen LogP contribution in [0.3, 0.4) is 0 Å². The van der Waals surface area contributed by atoms with Crippen molar-refractivity contribution in [3.8, 4) is 17.2 Å². The summed E-state index contributed by atoms with van der Waals surface area (Å²) in [6.07, 6.45) is 7.69. The van der Waals surface area contributed by atoms with Gasteiger partial charge in [-0.1, -0.05) is 38.0 Å². The number of methoxy groups -OCH3 is 1. The number of fused-ring (bicyclic) bond motifs is 1. The minimum atomic E-state index is -0.854. The Labute approximate surface area is 212 Å². The van der Waals surface area contributed by atoms with Crippen molar-refractivity contribution in [2.75, 3.05) is 20.7 Å². The second-order valence-corrected chi connectivity index (χ2v) is 9.66. The molecule has 8 nitrogen and oxygen atoms in total. The lowest BCUT2D eigenvalue weighted by atomic mass is 9.77. The average molecular weight is 493 g/mol. The summed E-state index contributed by atoms with van der Waals surface area (Å²) in [5, 5.41) is 0.966. The summed E-state index contributed by atoms with van der Waals surface area (Å²) in [7, 11) is 3.53. The molecule has 4 rings (SSSR count). The van der Waals surface area contributed by atoms with Gasteiger partial charge in [-0.15, -0.1) is 0 Å². The van der Waals surface area contributed by atoms with Gasteiger partial charge in [0, 0.05) is 18.2 Å². The molecule has 2 aromatic heterocycles. The van der Waals surface area contributed by atoms with Crippen molar-refractivity contribution in [1.29, 1.82) is 0 Å². The lowest BCUT2D eigenvalue weighted by Gasteiger charge is -2.38. The Hall–Kier alpha value is -3.26. The zero-order valence-electron chi connectivity index (χ0n) is 21.5. The van der Waals surface area contributed by atoms with Crippen LogP contribution < -0.4 is 10.5 Å². The van der Waals surface area contributed by atoms with E-state index in [1.54, 1.807) is 13.3 Å². The van der Waals surface area contributed by atoms with E-state index in [1.165, 1.54) is 0 Å². The van der Waals surface area contributed by atoms with Crippen LogP contribution in [0.15, 0.2) is 40.9 Å². The van der Waals surface area contributed by atoms with Gasteiger partial charge in [0.15, 0.2) is 11.7 Å². The van der Waals surface area contributed by atoms with Crippen molar-refractivity contribution in [3.63, 3.8) is 0 Å². The molecule has 0 saturated carbocycles. The van der Waals surface area contributed by atoms with Crippen LogP contribution in [-0.2, 0) is 9.59 Å². The molecular formula is C28H36N4O4. The van der Waals surface area contributed by atoms with Crippen LogP contribution in [0.2, 0.25) is 0 Å². The summed E-state index contributed by atoms with van der Waals surface area (Å²) in [6, 6.07) is 9.80. The van der Waals surface area contributed by atoms with Crippen LogP contribution >= 0.6 is 0 Å². The van der Waals surface area contributed by atoms with Crippen LogP contribution in [0, 0.1) is 0 Å². The van der Waals surface area contributed by atoms with E-state index >= 15 is 0 Å². The fourth-order valence-corrected chi connectivity index (χ4v) is 5.49. The van der Waals surface area contributed by atoms with E-state index < -0.39 is 5.54 Å². The molecule has 1 saturated heterocycles. The zero-order valence-corrected chi connectivity index (χ0v) is 21.5. The van der Waals surface area contributed by atoms with Crippen LogP contribution in [0.4, 0.5) is 0 Å². The number of ketones is 1. The number of carbonyl (C=O) groups excluding carboxylic acids is 2. The smallest absolute Gasteiger partial charge is 0.238 e. The number of pyridine rings is 1. The molecule has 36 heavy (non-hydrogen) atoms. The maximum atomic E-state index is 12.9. The predicted molar refractivity (Wildman–Crippen MR) is 139 cm³/mol. The predicted octanol–water partition coefficient (Wildman–Crippen LogP) is 4.86. The minimum Gasteiger partial charge on any atom is -0.480 e. The van der Waals surface area contributed by atoms with Crippen molar-refractivity contribution < 1.29 is 18.7 Å². The second kappa shape index (κ2) is 11.2. The minimum absolute atomic E-state index is 0.283. The quantitative estimate of drug-likeness (QED) is 0.359. The van der Waals surface area contributed by atoms with Gasteiger partial charge >= 0.3 is 0 Å². The topological polar surface area (TPSA) is 112 Å². The summed E-state index contributed by atoms with van der Waals surface area (Å²) in [6.45, 7) is 2.69. The van der Waals surface area contributed by atoms with Gasteiger partial charge in [-0.25, -0.2) is 9.97 Å². The molecule has 3 heterocycles. The molecule has 2 atom stereocenters. The van der Waals surface area contributed by atoms with E-state index in [9.17, 15) is 9.59 Å². The maximum absolute atomic E-state index is 12.9. The third-order valence-electron chi connectivity index (χ3n) is 7.55. The number of ether oxygens (including phenoxy) is 1. The number of amides is 1. The first-order valence-corrected chi connectivity index (χ1v) is 12.8. The Morgan fingerprint density at radius 1 is 1.25 bits per heavy atom. The Kier molecular flexibility index (Phi) is 8.04. The number of para-hydroxylation sites is 1. The van der Waals surface area contributed by atoms with Crippen LogP contribution in [0.5, 0.6) is 5.88 Å². The second-order valence-electron chi connectivity index (χ2n) is 9.66. The van der Waals surface area contributed by atoms with Gasteiger partial charge in [-0.2, -0.15) is 0 Å². The van der Waals surface area contributed by atoms with Gasteiger partial charge in [-0.3, -0.25) is 14.5 Å². The van der Waals surface area contributed by atoms with Crippen molar-refractivity contribution in [2.24, 2.45) is 5.73 Å². The first kappa shape index (κ1) is 25.8. The number of hydrogen-bond donors (Lipinski definition) is 1. The molecule has 1 aromatic carbocycles. The number of rotatable bonds is 12. The molecule has 8 heteroatoms. The van der Waals surface area contributed by atoms with Crippen LogP contribution in [-0.4, -0.2) is 52.8 Å². The number of primary amides is 1. The molecule has 192 valence electrons. The molecule has 2 N–H and O–H groups in total. The molecule has 0 radical (unpaired) electrons. The third kappa shape index (κ3) is 5.00. The molecule has 0 bridgehead atoms. The van der Waals surface area contributed by atoms with Gasteiger partial charge < -0.3 is 14.9 Å². The summed E-state index contributed by atoms with van der Waals surface area (Å²) in [5.74, 6) is 1.13. The molecule has 1 unspecified atom stereocenters. The number of unbranched alkanes of at least 4 members (excludes halogenated alkanes) is 2. The lowest BCUT2D eigenvalue weighted by Crippen LogP contribution is -2.56. The number of likely N-dealkylation sites (tertiary alicyclic amines) is 1. The highest BCUT2D eigenvalue weighted by Gasteiger charge is 2.52. The molecular weight excluding hydrogens is 456 g/mol. The van der Waals surface area contributed by atoms with E-state index in [-0.39, 0.29) is 17.6 Å². The highest BCUT2D eigenvalue weighted by molar-refractivity contribution is 5.87. The van der Waals surface area contributed by atoms with Crippen LogP contribution in [0.1, 0.15) is 70.1 Å². The number of nitrogens with two attached hydrogens (primary N) is 1. The normalized spacial score (nSPS) is 19.0. The van der Waals surface area contributed by atoms with E-state index in [0.29, 0.717) is 48.8 Å². The zero-order chi connectivity index (χ0) is 25.7. The highest BCUT2D eigenvalue weighted by atomic mass is 16.5. The molecule has 0 spiro atoms. The third-order valence-corrected chi connectivity index (χ3v) is 7.55. The van der Waals surface area contributed by atoms with E-state index in [2.05, 4.69) is 14.9 Å². The molecule has 1 aliphatic rings. The number of oxazole rings is 1. The number of likely N-dealkylation sites (N-methyl/N-ethyl adjacent to an activating group) is 1. The summed E-state index contributed by atoms with van der Waals surface area (Å²) >= 11 is 0. The van der Waals surface area contributed by atoms with Crippen LogP contribution in [0.25, 0.3) is 22.2 Å². The van der Waals surface area contributed by atoms with E-state index in [4.69, 9.17) is 14.9 Å². The Balaban J connectivity index is 1.66. The van der Waals surface area contributed by atoms with E-state index in [1.807, 2.05) is 44.3 Å². The standard InChI is InChI=1S/C28H36N4O4/c1-4-20(33)12-6-5-7-13-22(28(27(29)34)15-10-16-32(28)2)26-30-18-24(36-26)21-17-19-11-8-9-14-23(19)31-25(21)35-3/h8-9,11,14,17-18,22H,4-7,10,12-13,15-16H2,1-3H3,(H2,29,34)/t22-,28?/m1/s1. The largest absolute Gasteiger partial charge is 0.480 e. The van der Waals surface area contributed by atoms with Gasteiger partial charge in [0.25, 0.3) is 0 Å². The number of aromatic nitrogens is 2. The SMILES string of the molecule is CCC(=O)CCCCC[C@H](c1ncc(-c2cc3ccccc3nc2OC)o1)C1(C(N)=O)CCCN1C. The molecule has 1 aliphatic heterocycles. The first-order chi connectivity index (χ1) is 17.4. The van der Waals surface area contributed by atoms with Crippen molar-refractivity contribution in [1.82, 2.24) is 14.9 Å². The van der Waals surface area contributed by atoms with Crippen molar-refractivity contribution in [3.05, 3.63) is 42.4 Å². The van der Waals surface area contributed by atoms with Crippen molar-refractivity contribution >= 4 is 22.6 Å². The summed E-state index contributed by atoms with van der Waals surface area (Å²) in [4.78, 5) is 36.0. The number of Topliss-reactive ketones (excluding diaryl/α,β-unsaturated/α-hetero) is 1. The lowest BCUT2D eigenvalue weighted by molar-refractivity contribution is -0.129. The molecule has 0 aliphatic carbocycles. The number of carbonyl (C=O) groups is 2. The fraction of sp³-hybridized carbons (Fsp3) is 0.500. The summed E-state index contributed by atoms with van der Waals surface area (Å²) < 4.78 is 11.9. The average Bonchev–Trinajstić information content (AvgIpc) is 3.52. The van der Waals surface area contributed by atoms with Gasteiger partial charge in [0.05, 0.1) is 30.3 Å². The van der Waals surface area contributed by atoms with Gasteiger partial charge in [0.1, 0.15) is 11.3 Å². The molecule has 3 aromatic rings. The van der Waals surface area contributed by atoms with Crippen molar-refractivity contribution in [2.45, 2.75) is 69.7 Å². The Morgan fingerprint density at radius 3 is 2.75 bits per heavy atom. The number of hydrogen-bond acceptors (Lipinski definition) is 7. The summed E-state index contributed by atoms with van der Waals surface area (Å²) in [5.41, 5.74) is 6.74. The monoisotopic (exact) mass is 492 g/mol. The number of nitrogens with zero attached hydrogens (tertiary/aromatic N) is 3. The maximum Gasteiger partial charge on any atom is 0.238 e. The highest BCUT2D eigenvalue weighted by Crippen LogP contribution is 2.44. The van der Waals surface area contributed by atoms with Gasteiger partial charge in [0.2, 0.25) is 11.8 Å². The first-order valence-electron chi connectivity index (χ1n) is 12.8. The number of benzene rings is 1. The van der Waals surface area contributed by atoms with E-state index in [0.717, 1.165) is 43.1 Å². The van der Waals surface area contributed by atoms with Gasteiger partial charge in [-0.05, 0) is 51.4 Å². The Morgan fingerprint density at radius 2 is 2.06 bits per heavy atom. The Bertz CT molecular complexity index is 1220. The fourth-order valence-electron chi connectivity index (χ4n) is 5.49.